The van der Waals surface area contributed by atoms with E-state index in [1.807, 2.05) is 5.48 Å². The van der Waals surface area contributed by atoms with Crippen LogP contribution in [0.3, 0.4) is 0 Å². The van der Waals surface area contributed by atoms with Gasteiger partial charge in [-0.05, 0) is 40.0 Å². The van der Waals surface area contributed by atoms with Crippen LogP contribution in [-0.4, -0.2) is 55.3 Å². The summed E-state index contributed by atoms with van der Waals surface area (Å²) >= 11 is 0. The first-order valence-electron chi connectivity index (χ1n) is 7.99. The Balaban J connectivity index is 1.73. The molecule has 3 rings (SSSR count). The number of nitrogens with one attached hydrogen (secondary N) is 3. The predicted molar refractivity (Wildman–Crippen MR) is 94.8 cm³/mol. The lowest BCUT2D eigenvalue weighted by Gasteiger charge is -2.27. The van der Waals surface area contributed by atoms with Gasteiger partial charge in [0.1, 0.15) is 5.82 Å². The third-order valence-corrected chi connectivity index (χ3v) is 5.02. The van der Waals surface area contributed by atoms with Crippen LogP contribution in [0.15, 0.2) is 27.8 Å². The Morgan fingerprint density at radius 1 is 1.56 bits per heavy atom. The number of fused-ring (bicyclic) bond motifs is 1. The largest absolute Gasteiger partial charge is 0.390 e. The summed E-state index contributed by atoms with van der Waals surface area (Å²) in [5, 5.41) is 29.3. The molecule has 0 aliphatic heterocycles. The fraction of sp³-hybridized carbons (Fsp3) is 0.400. The fourth-order valence-corrected chi connectivity index (χ4v) is 3.62. The van der Waals surface area contributed by atoms with Gasteiger partial charge in [0.2, 0.25) is 5.82 Å². The summed E-state index contributed by atoms with van der Waals surface area (Å²) in [6, 6.07) is 4.10. The Kier molecular flexibility index (Phi) is 5.39. The maximum absolute atomic E-state index is 13.4. The van der Waals surface area contributed by atoms with Crippen LogP contribution in [0.1, 0.15) is 22.9 Å². The van der Waals surface area contributed by atoms with E-state index in [0.29, 0.717) is 6.42 Å². The molecule has 1 aliphatic carbocycles. The summed E-state index contributed by atoms with van der Waals surface area (Å²) in [5.41, 5.74) is 3.69. The highest BCUT2D eigenvalue weighted by molar-refractivity contribution is 7.91. The standard InChI is InChI=1S/C15H19FN6O4S/c1-27(17,25)7-10(23)6-18-14-13(21-26-22-14)15(20-24)19-12-4-8-2-3-9(16)5-11(8)12/h2-3,5,10,12,17,23-24H,4,6-7H2,1H3,(H,18,22)(H,19,20)/t10-,12-,27-/m0/s1. The van der Waals surface area contributed by atoms with Crippen LogP contribution >= 0.6 is 0 Å². The molecule has 0 spiro atoms. The van der Waals surface area contributed by atoms with Gasteiger partial charge in [0.05, 0.1) is 17.9 Å². The van der Waals surface area contributed by atoms with E-state index < -0.39 is 15.8 Å². The third-order valence-electron chi connectivity index (χ3n) is 4.00. The number of anilines is 1. The van der Waals surface area contributed by atoms with Crippen molar-refractivity contribution in [1.82, 2.24) is 15.8 Å². The summed E-state index contributed by atoms with van der Waals surface area (Å²) in [6.07, 6.45) is 0.773. The van der Waals surface area contributed by atoms with E-state index in [0.717, 1.165) is 11.1 Å². The normalized spacial score (nSPS) is 19.6. The number of amidine groups is 1. The summed E-state index contributed by atoms with van der Waals surface area (Å²) < 4.78 is 36.8. The van der Waals surface area contributed by atoms with Crippen molar-refractivity contribution < 1.29 is 23.5 Å². The molecule has 1 aromatic heterocycles. The average Bonchev–Trinajstić information content (AvgIpc) is 3.03. The smallest absolute Gasteiger partial charge is 0.202 e. The number of aliphatic hydroxyl groups is 1. The van der Waals surface area contributed by atoms with Gasteiger partial charge >= 0.3 is 0 Å². The number of aromatic nitrogens is 2. The lowest BCUT2D eigenvalue weighted by Crippen LogP contribution is -2.29. The summed E-state index contributed by atoms with van der Waals surface area (Å²) in [4.78, 5) is 4.32. The molecule has 2 aromatic rings. The van der Waals surface area contributed by atoms with Crippen molar-refractivity contribution in [3.05, 3.63) is 40.8 Å². The Hall–Kier alpha value is -2.57. The third kappa shape index (κ3) is 4.59. The van der Waals surface area contributed by atoms with Crippen molar-refractivity contribution in [3.63, 3.8) is 0 Å². The first-order chi connectivity index (χ1) is 12.8. The molecule has 0 radical (unpaired) electrons. The summed E-state index contributed by atoms with van der Waals surface area (Å²) in [7, 11) is -2.85. The number of hydrogen-bond acceptors (Lipinski definition) is 9. The molecule has 0 bridgehead atoms. The van der Waals surface area contributed by atoms with Crippen molar-refractivity contribution in [2.45, 2.75) is 18.6 Å². The SMILES string of the molecule is C[S@](=N)(=O)C[C@@H](O)CNc1nonc1C(=N[C@H]1Cc2ccc(F)cc21)NO. The second kappa shape index (κ2) is 7.58. The first-order valence-corrected chi connectivity index (χ1v) is 10.1. The number of hydroxylamine groups is 1. The summed E-state index contributed by atoms with van der Waals surface area (Å²) in [5.74, 6) is -0.508. The van der Waals surface area contributed by atoms with Crippen LogP contribution in [0, 0.1) is 10.6 Å². The van der Waals surface area contributed by atoms with Gasteiger partial charge in [-0.1, -0.05) is 6.07 Å². The van der Waals surface area contributed by atoms with Gasteiger partial charge in [-0.2, -0.15) is 0 Å². The van der Waals surface area contributed by atoms with Crippen molar-refractivity contribution in [1.29, 1.82) is 4.78 Å². The molecule has 3 atom stereocenters. The minimum atomic E-state index is -2.85. The van der Waals surface area contributed by atoms with Gasteiger partial charge in [-0.25, -0.2) is 9.02 Å². The van der Waals surface area contributed by atoms with Crippen molar-refractivity contribution in [2.24, 2.45) is 4.99 Å². The summed E-state index contributed by atoms with van der Waals surface area (Å²) in [6.45, 7) is -0.0545. The number of halogens is 1. The predicted octanol–water partition coefficient (Wildman–Crippen LogP) is 0.681. The molecule has 27 heavy (non-hydrogen) atoms. The maximum atomic E-state index is 13.4. The molecule has 0 amide bonds. The van der Waals surface area contributed by atoms with E-state index in [1.54, 1.807) is 6.07 Å². The van der Waals surface area contributed by atoms with E-state index >= 15 is 0 Å². The van der Waals surface area contributed by atoms with Gasteiger partial charge in [0.25, 0.3) is 0 Å². The zero-order valence-corrected chi connectivity index (χ0v) is 15.2. The highest BCUT2D eigenvalue weighted by atomic mass is 32.2. The fourth-order valence-electron chi connectivity index (χ4n) is 2.76. The Bertz CT molecular complexity index is 961. The molecule has 1 heterocycles. The number of aliphatic imine (C=N–C) groups is 1. The van der Waals surface area contributed by atoms with Gasteiger partial charge in [0.15, 0.2) is 11.5 Å². The average molecular weight is 398 g/mol. The van der Waals surface area contributed by atoms with Crippen molar-refractivity contribution in [3.8, 4) is 0 Å². The number of hydrogen-bond donors (Lipinski definition) is 5. The van der Waals surface area contributed by atoms with E-state index in [9.17, 15) is 18.9 Å². The van der Waals surface area contributed by atoms with Crippen LogP contribution in [0.25, 0.3) is 0 Å². The molecule has 1 aromatic carbocycles. The van der Waals surface area contributed by atoms with Gasteiger partial charge in [0, 0.05) is 22.5 Å². The van der Waals surface area contributed by atoms with E-state index in [-0.39, 0.29) is 41.5 Å². The van der Waals surface area contributed by atoms with E-state index in [4.69, 9.17) is 4.78 Å². The molecule has 1 aliphatic rings. The quantitative estimate of drug-likeness (QED) is 0.259. The Labute approximate surface area is 154 Å². The van der Waals surface area contributed by atoms with Gasteiger partial charge in [-0.3, -0.25) is 24.7 Å². The number of benzene rings is 1. The second-order valence-corrected chi connectivity index (χ2v) is 8.66. The Morgan fingerprint density at radius 2 is 2.33 bits per heavy atom. The van der Waals surface area contributed by atoms with Gasteiger partial charge < -0.3 is 10.4 Å². The molecule has 0 fully saturated rings. The molecule has 146 valence electrons. The number of rotatable bonds is 7. The van der Waals surface area contributed by atoms with Crippen LogP contribution in [0.5, 0.6) is 0 Å². The lowest BCUT2D eigenvalue weighted by atomic mass is 9.83. The lowest BCUT2D eigenvalue weighted by molar-refractivity contribution is 0.211. The Morgan fingerprint density at radius 3 is 3.04 bits per heavy atom. The minimum absolute atomic E-state index is 0.0343. The van der Waals surface area contributed by atoms with Crippen LogP contribution < -0.4 is 10.8 Å². The minimum Gasteiger partial charge on any atom is -0.390 e. The monoisotopic (exact) mass is 398 g/mol. The number of nitrogens with zero attached hydrogens (tertiary/aromatic N) is 3. The second-order valence-electron chi connectivity index (χ2n) is 6.32. The van der Waals surface area contributed by atoms with Crippen molar-refractivity contribution in [2.75, 3.05) is 23.9 Å². The van der Waals surface area contributed by atoms with Crippen molar-refractivity contribution >= 4 is 21.4 Å². The zero-order chi connectivity index (χ0) is 19.6. The van der Waals surface area contributed by atoms with Crippen LogP contribution in [-0.2, 0) is 16.1 Å². The van der Waals surface area contributed by atoms with Gasteiger partial charge in [-0.15, -0.1) is 0 Å². The van der Waals surface area contributed by atoms with E-state index in [2.05, 4.69) is 25.3 Å². The maximum Gasteiger partial charge on any atom is 0.202 e. The molecule has 5 N–H and O–H groups in total. The van der Waals surface area contributed by atoms with E-state index in [1.165, 1.54) is 18.4 Å². The number of aliphatic hydroxyl groups excluding tert-OH is 1. The zero-order valence-electron chi connectivity index (χ0n) is 14.3. The highest BCUT2D eigenvalue weighted by Crippen LogP contribution is 2.36. The molecular weight excluding hydrogens is 379 g/mol. The topological polar surface area (TPSA) is 157 Å². The molecule has 0 unspecified atom stereocenters. The molecule has 10 nitrogen and oxygen atoms in total. The first kappa shape index (κ1) is 19.2. The molecule has 0 saturated heterocycles. The van der Waals surface area contributed by atoms with Crippen LogP contribution in [0.2, 0.25) is 0 Å². The highest BCUT2D eigenvalue weighted by Gasteiger charge is 2.28. The molecule has 0 saturated carbocycles. The molecular formula is C15H19FN6O4S. The molecule has 12 heteroatoms. The van der Waals surface area contributed by atoms with Crippen LogP contribution in [0.4, 0.5) is 10.2 Å².